The molecule has 0 saturated heterocycles. The predicted octanol–water partition coefficient (Wildman–Crippen LogP) is 4.26. The fourth-order valence-electron chi connectivity index (χ4n) is 2.28. The molecule has 0 aliphatic heterocycles. The number of hydrogen-bond acceptors (Lipinski definition) is 4. The van der Waals surface area contributed by atoms with Crippen molar-refractivity contribution < 1.29 is 14.0 Å². The van der Waals surface area contributed by atoms with E-state index in [1.165, 1.54) is 6.21 Å². The van der Waals surface area contributed by atoms with Crippen molar-refractivity contribution in [2.45, 2.75) is 6.92 Å². The molecule has 0 atom stereocenters. The number of amides is 2. The molecule has 0 bridgehead atoms. The topological polar surface area (TPSA) is 83.7 Å². The molecule has 0 unspecified atom stereocenters. The molecule has 3 rings (SSSR count). The summed E-state index contributed by atoms with van der Waals surface area (Å²) < 4.78 is 5.33. The zero-order chi connectivity index (χ0) is 19.2. The van der Waals surface area contributed by atoms with E-state index in [1.54, 1.807) is 60.7 Å². The molecular weight excluding hydrogens is 366 g/mol. The van der Waals surface area contributed by atoms with Crippen LogP contribution in [0.4, 0.5) is 5.69 Å². The minimum Gasteiger partial charge on any atom is -0.460 e. The van der Waals surface area contributed by atoms with E-state index in [-0.39, 0.29) is 5.91 Å². The van der Waals surface area contributed by atoms with E-state index in [1.807, 2.05) is 6.92 Å². The van der Waals surface area contributed by atoms with Crippen molar-refractivity contribution in [2.75, 3.05) is 5.32 Å². The lowest BCUT2D eigenvalue weighted by atomic mass is 10.1. The molecule has 3 aromatic rings. The van der Waals surface area contributed by atoms with Crippen LogP contribution in [0.15, 0.2) is 70.2 Å². The average Bonchev–Trinajstić information content (AvgIpc) is 3.07. The lowest BCUT2D eigenvalue weighted by Crippen LogP contribution is -2.18. The lowest BCUT2D eigenvalue weighted by Gasteiger charge is -2.07. The fourth-order valence-corrected chi connectivity index (χ4v) is 2.41. The van der Waals surface area contributed by atoms with Gasteiger partial charge in [0.1, 0.15) is 11.5 Å². The maximum Gasteiger partial charge on any atom is 0.271 e. The maximum absolute atomic E-state index is 12.2. The summed E-state index contributed by atoms with van der Waals surface area (Å²) in [5, 5.41) is 7.15. The normalized spacial score (nSPS) is 10.7. The minimum absolute atomic E-state index is 0.296. The Bertz CT molecular complexity index is 994. The summed E-state index contributed by atoms with van der Waals surface area (Å²) in [5.74, 6) is 0.594. The molecule has 0 aliphatic carbocycles. The molecule has 6 nitrogen and oxygen atoms in total. The van der Waals surface area contributed by atoms with Gasteiger partial charge >= 0.3 is 0 Å². The van der Waals surface area contributed by atoms with Gasteiger partial charge in [-0.2, -0.15) is 5.10 Å². The van der Waals surface area contributed by atoms with Gasteiger partial charge in [0, 0.05) is 21.8 Å². The highest BCUT2D eigenvalue weighted by Crippen LogP contribution is 2.14. The Kier molecular flexibility index (Phi) is 5.68. The van der Waals surface area contributed by atoms with Gasteiger partial charge < -0.3 is 9.73 Å². The predicted molar refractivity (Wildman–Crippen MR) is 104 cm³/mol. The molecule has 0 spiro atoms. The van der Waals surface area contributed by atoms with E-state index < -0.39 is 5.91 Å². The third-order valence-corrected chi connectivity index (χ3v) is 3.86. The van der Waals surface area contributed by atoms with Gasteiger partial charge in [-0.15, -0.1) is 0 Å². The number of hydrazone groups is 1. The van der Waals surface area contributed by atoms with Gasteiger partial charge in [0.05, 0.1) is 6.21 Å². The first-order valence-corrected chi connectivity index (χ1v) is 8.46. The second-order valence-electron chi connectivity index (χ2n) is 5.69. The first-order chi connectivity index (χ1) is 13.0. The van der Waals surface area contributed by atoms with Crippen molar-refractivity contribution in [1.29, 1.82) is 0 Å². The Morgan fingerprint density at radius 2 is 1.78 bits per heavy atom. The highest BCUT2D eigenvalue weighted by molar-refractivity contribution is 6.30. The number of hydrogen-bond donors (Lipinski definition) is 2. The molecule has 2 aromatic carbocycles. The Hall–Kier alpha value is -3.38. The third kappa shape index (κ3) is 5.05. The van der Waals surface area contributed by atoms with Gasteiger partial charge in [0.25, 0.3) is 11.8 Å². The van der Waals surface area contributed by atoms with E-state index >= 15 is 0 Å². The highest BCUT2D eigenvalue weighted by Gasteiger charge is 2.09. The zero-order valence-electron chi connectivity index (χ0n) is 14.4. The number of carbonyl (C=O) groups excluding carboxylic acids is 2. The molecule has 0 radical (unpaired) electrons. The SMILES string of the molecule is Cc1ccc(/C=N\NC(=O)c2cccc(NC(=O)c3ccc(Cl)cc3)c2)o1. The standard InChI is InChI=1S/C20H16ClN3O3/c1-13-5-10-18(27-13)12-22-24-20(26)15-3-2-4-17(11-15)23-19(25)14-6-8-16(21)9-7-14/h2-12H,1H3,(H,23,25)(H,24,26)/b22-12-. The second kappa shape index (κ2) is 8.33. The summed E-state index contributed by atoms with van der Waals surface area (Å²) in [7, 11) is 0. The summed E-state index contributed by atoms with van der Waals surface area (Å²) in [6, 6.07) is 16.6. The Labute approximate surface area is 160 Å². The Morgan fingerprint density at radius 3 is 2.48 bits per heavy atom. The van der Waals surface area contributed by atoms with E-state index in [0.29, 0.717) is 27.6 Å². The second-order valence-corrected chi connectivity index (χ2v) is 6.13. The number of nitrogens with one attached hydrogen (secondary N) is 2. The molecule has 27 heavy (non-hydrogen) atoms. The minimum atomic E-state index is -0.405. The van der Waals surface area contributed by atoms with Crippen LogP contribution in [0.3, 0.4) is 0 Å². The number of halogens is 1. The van der Waals surface area contributed by atoms with Crippen molar-refractivity contribution in [2.24, 2.45) is 5.10 Å². The summed E-state index contributed by atoms with van der Waals surface area (Å²) in [6.07, 6.45) is 1.41. The number of anilines is 1. The number of furan rings is 1. The van der Waals surface area contributed by atoms with Crippen LogP contribution in [0, 0.1) is 6.92 Å². The van der Waals surface area contributed by atoms with Crippen molar-refractivity contribution in [3.63, 3.8) is 0 Å². The maximum atomic E-state index is 12.2. The molecule has 0 saturated carbocycles. The fraction of sp³-hybridized carbons (Fsp3) is 0.0500. The zero-order valence-corrected chi connectivity index (χ0v) is 15.2. The number of carbonyl (C=O) groups is 2. The molecule has 1 aromatic heterocycles. The monoisotopic (exact) mass is 381 g/mol. The quantitative estimate of drug-likeness (QED) is 0.511. The van der Waals surface area contributed by atoms with Crippen LogP contribution >= 0.6 is 11.6 Å². The van der Waals surface area contributed by atoms with Crippen LogP contribution in [0.1, 0.15) is 32.2 Å². The van der Waals surface area contributed by atoms with Gasteiger partial charge in [0.15, 0.2) is 0 Å². The number of rotatable bonds is 5. The van der Waals surface area contributed by atoms with Crippen LogP contribution in [0.25, 0.3) is 0 Å². The lowest BCUT2D eigenvalue weighted by molar-refractivity contribution is 0.0953. The smallest absolute Gasteiger partial charge is 0.271 e. The average molecular weight is 382 g/mol. The van der Waals surface area contributed by atoms with E-state index in [0.717, 1.165) is 5.76 Å². The first-order valence-electron chi connectivity index (χ1n) is 8.08. The van der Waals surface area contributed by atoms with E-state index in [9.17, 15) is 9.59 Å². The number of nitrogens with zero attached hydrogens (tertiary/aromatic N) is 1. The van der Waals surface area contributed by atoms with Crippen molar-refractivity contribution >= 4 is 35.3 Å². The van der Waals surface area contributed by atoms with Crippen LogP contribution in [-0.2, 0) is 0 Å². The van der Waals surface area contributed by atoms with E-state index in [4.69, 9.17) is 16.0 Å². The molecule has 0 aliphatic rings. The van der Waals surface area contributed by atoms with Gasteiger partial charge in [-0.25, -0.2) is 5.43 Å². The summed E-state index contributed by atoms with van der Waals surface area (Å²) in [6.45, 7) is 1.82. The summed E-state index contributed by atoms with van der Waals surface area (Å²) in [5.41, 5.74) is 3.74. The molecule has 7 heteroatoms. The molecule has 136 valence electrons. The van der Waals surface area contributed by atoms with Crippen LogP contribution in [-0.4, -0.2) is 18.0 Å². The molecule has 2 amide bonds. The van der Waals surface area contributed by atoms with Gasteiger partial charge in [-0.3, -0.25) is 9.59 Å². The highest BCUT2D eigenvalue weighted by atomic mass is 35.5. The van der Waals surface area contributed by atoms with Gasteiger partial charge in [-0.1, -0.05) is 17.7 Å². The summed E-state index contributed by atoms with van der Waals surface area (Å²) in [4.78, 5) is 24.5. The first kappa shape index (κ1) is 18.4. The number of benzene rings is 2. The van der Waals surface area contributed by atoms with Crippen LogP contribution in [0.2, 0.25) is 5.02 Å². The van der Waals surface area contributed by atoms with Crippen LogP contribution in [0.5, 0.6) is 0 Å². The van der Waals surface area contributed by atoms with E-state index in [2.05, 4.69) is 15.8 Å². The largest absolute Gasteiger partial charge is 0.460 e. The molecule has 1 heterocycles. The third-order valence-electron chi connectivity index (χ3n) is 3.61. The van der Waals surface area contributed by atoms with Gasteiger partial charge in [-0.05, 0) is 61.5 Å². The molecule has 2 N–H and O–H groups in total. The Balaban J connectivity index is 1.63. The van der Waals surface area contributed by atoms with Crippen molar-refractivity contribution in [1.82, 2.24) is 5.43 Å². The van der Waals surface area contributed by atoms with Crippen molar-refractivity contribution in [3.8, 4) is 0 Å². The summed E-state index contributed by atoms with van der Waals surface area (Å²) >= 11 is 5.82. The van der Waals surface area contributed by atoms with Crippen LogP contribution < -0.4 is 10.7 Å². The molecule has 0 fully saturated rings. The number of aryl methyl sites for hydroxylation is 1. The Morgan fingerprint density at radius 1 is 1.00 bits per heavy atom. The van der Waals surface area contributed by atoms with Gasteiger partial charge in [0.2, 0.25) is 0 Å². The van der Waals surface area contributed by atoms with Crippen molar-refractivity contribution in [3.05, 3.63) is 88.3 Å². The molecular formula is C20H16ClN3O3.